The van der Waals surface area contributed by atoms with Crippen molar-refractivity contribution in [3.05, 3.63) is 17.9 Å². The van der Waals surface area contributed by atoms with Crippen LogP contribution in [0, 0.1) is 5.92 Å². The van der Waals surface area contributed by atoms with Crippen LogP contribution in [-0.4, -0.2) is 32.2 Å². The number of aromatic amines is 1. The van der Waals surface area contributed by atoms with Crippen LogP contribution in [0.4, 0.5) is 0 Å². The van der Waals surface area contributed by atoms with Crippen LogP contribution < -0.4 is 0 Å². The van der Waals surface area contributed by atoms with Crippen molar-refractivity contribution in [2.24, 2.45) is 5.92 Å². The summed E-state index contributed by atoms with van der Waals surface area (Å²) in [6, 6.07) is 0. The van der Waals surface area contributed by atoms with Gasteiger partial charge in [-0.15, -0.1) is 5.10 Å². The number of nitrogens with one attached hydrogen (secondary N) is 1. The van der Waals surface area contributed by atoms with Gasteiger partial charge in [0.1, 0.15) is 11.1 Å². The summed E-state index contributed by atoms with van der Waals surface area (Å²) in [5.74, 6) is 2.19. The number of ether oxygens (including phenoxy) is 1. The van der Waals surface area contributed by atoms with Gasteiger partial charge in [-0.1, -0.05) is 30.8 Å². The highest BCUT2D eigenvalue weighted by Crippen LogP contribution is 2.20. The fourth-order valence-corrected chi connectivity index (χ4v) is 1.92. The number of thioether (sulfide) groups is 1. The van der Waals surface area contributed by atoms with Crippen molar-refractivity contribution in [1.82, 2.24) is 25.6 Å². The molecular formula is C11H17N5O2S. The second kappa shape index (κ2) is 6.67. The summed E-state index contributed by atoms with van der Waals surface area (Å²) >= 11 is 1.48. The molecule has 19 heavy (non-hydrogen) atoms. The molecule has 104 valence electrons. The summed E-state index contributed by atoms with van der Waals surface area (Å²) in [5, 5.41) is 14.9. The Kier molecular flexibility index (Phi) is 4.92. The Labute approximate surface area is 115 Å². The van der Waals surface area contributed by atoms with Crippen LogP contribution in [0.15, 0.2) is 15.7 Å². The van der Waals surface area contributed by atoms with Crippen molar-refractivity contribution in [2.75, 3.05) is 6.61 Å². The highest BCUT2D eigenvalue weighted by molar-refractivity contribution is 7.98. The van der Waals surface area contributed by atoms with E-state index in [4.69, 9.17) is 9.26 Å². The Bertz CT molecular complexity index is 485. The fraction of sp³-hybridized carbons (Fsp3) is 0.636. The van der Waals surface area contributed by atoms with Crippen molar-refractivity contribution in [1.29, 1.82) is 0 Å². The lowest BCUT2D eigenvalue weighted by Gasteiger charge is -2.10. The van der Waals surface area contributed by atoms with Gasteiger partial charge < -0.3 is 9.26 Å². The number of H-pyrrole nitrogens is 1. The van der Waals surface area contributed by atoms with Crippen LogP contribution in [0.2, 0.25) is 0 Å². The minimum atomic E-state index is -0.156. The highest BCUT2D eigenvalue weighted by atomic mass is 32.2. The molecule has 0 aliphatic rings. The molecule has 0 aliphatic carbocycles. The normalized spacial score (nSPS) is 13.1. The third-order valence-corrected chi connectivity index (χ3v) is 3.15. The zero-order valence-corrected chi connectivity index (χ0v) is 12.0. The molecule has 2 heterocycles. The molecule has 0 saturated carbocycles. The molecule has 7 nitrogen and oxygen atoms in total. The van der Waals surface area contributed by atoms with Crippen LogP contribution in [-0.2, 0) is 10.5 Å². The highest BCUT2D eigenvalue weighted by Gasteiger charge is 2.15. The largest absolute Gasteiger partial charge is 0.370 e. The number of hydrogen-bond donors (Lipinski definition) is 1. The minimum Gasteiger partial charge on any atom is -0.370 e. The quantitative estimate of drug-likeness (QED) is 0.779. The lowest BCUT2D eigenvalue weighted by Crippen LogP contribution is -2.07. The number of aromatic nitrogens is 5. The standard InChI is InChI=1S/C11H17N5O2S/c1-7(2)5-17-8(3)11-13-9(18-15-11)6-19-10-4-12-16-14-10/h4,7-8H,5-6H2,1-3H3,(H,12,14,16)/t8-/m0/s1. The Morgan fingerprint density at radius 2 is 2.26 bits per heavy atom. The van der Waals surface area contributed by atoms with E-state index in [9.17, 15) is 0 Å². The molecule has 2 aromatic rings. The third kappa shape index (κ3) is 4.32. The molecule has 0 saturated heterocycles. The zero-order chi connectivity index (χ0) is 13.7. The molecule has 0 bridgehead atoms. The number of hydrogen-bond acceptors (Lipinski definition) is 7. The predicted octanol–water partition coefficient (Wildman–Crippen LogP) is 2.21. The van der Waals surface area contributed by atoms with Crippen molar-refractivity contribution in [2.45, 2.75) is 37.7 Å². The maximum Gasteiger partial charge on any atom is 0.237 e. The molecule has 1 N–H and O–H groups in total. The predicted molar refractivity (Wildman–Crippen MR) is 69.4 cm³/mol. The van der Waals surface area contributed by atoms with Gasteiger partial charge in [0.2, 0.25) is 5.89 Å². The Balaban J connectivity index is 1.84. The van der Waals surface area contributed by atoms with Crippen LogP contribution in [0.3, 0.4) is 0 Å². The molecule has 0 spiro atoms. The lowest BCUT2D eigenvalue weighted by atomic mass is 10.2. The van der Waals surface area contributed by atoms with Gasteiger partial charge in [0.25, 0.3) is 0 Å². The number of nitrogens with zero attached hydrogens (tertiary/aromatic N) is 4. The van der Waals surface area contributed by atoms with Crippen LogP contribution in [0.5, 0.6) is 0 Å². The first kappa shape index (κ1) is 14.0. The van der Waals surface area contributed by atoms with E-state index in [0.29, 0.717) is 30.0 Å². The van der Waals surface area contributed by atoms with Crippen molar-refractivity contribution >= 4 is 11.8 Å². The molecule has 1 atom stereocenters. The van der Waals surface area contributed by atoms with Crippen LogP contribution in [0.25, 0.3) is 0 Å². The zero-order valence-electron chi connectivity index (χ0n) is 11.2. The maximum absolute atomic E-state index is 5.63. The summed E-state index contributed by atoms with van der Waals surface area (Å²) in [5.41, 5.74) is 0. The van der Waals surface area contributed by atoms with E-state index in [-0.39, 0.29) is 6.10 Å². The van der Waals surface area contributed by atoms with Gasteiger partial charge in [-0.05, 0) is 12.8 Å². The third-order valence-electron chi connectivity index (χ3n) is 2.26. The van der Waals surface area contributed by atoms with Gasteiger partial charge in [-0.3, -0.25) is 0 Å². The van der Waals surface area contributed by atoms with E-state index in [1.165, 1.54) is 11.8 Å². The fourth-order valence-electron chi connectivity index (χ4n) is 1.30. The Morgan fingerprint density at radius 1 is 1.42 bits per heavy atom. The SMILES string of the molecule is CC(C)CO[C@@H](C)c1noc(CSc2cn[nH]n2)n1. The topological polar surface area (TPSA) is 89.7 Å². The second-order valence-electron chi connectivity index (χ2n) is 4.51. The Morgan fingerprint density at radius 3 is 2.95 bits per heavy atom. The van der Waals surface area contributed by atoms with Crippen molar-refractivity contribution < 1.29 is 9.26 Å². The van der Waals surface area contributed by atoms with E-state index < -0.39 is 0 Å². The van der Waals surface area contributed by atoms with Crippen molar-refractivity contribution in [3.8, 4) is 0 Å². The molecule has 0 fully saturated rings. The first-order chi connectivity index (χ1) is 9.15. The molecule has 2 aromatic heterocycles. The summed E-state index contributed by atoms with van der Waals surface area (Å²) in [6.45, 7) is 6.80. The summed E-state index contributed by atoms with van der Waals surface area (Å²) in [6.07, 6.45) is 1.49. The van der Waals surface area contributed by atoms with E-state index in [1.54, 1.807) is 6.20 Å². The van der Waals surface area contributed by atoms with E-state index in [0.717, 1.165) is 5.03 Å². The molecule has 0 aromatic carbocycles. The minimum absolute atomic E-state index is 0.156. The van der Waals surface area contributed by atoms with Gasteiger partial charge in [-0.2, -0.15) is 15.3 Å². The molecule has 2 rings (SSSR count). The maximum atomic E-state index is 5.63. The summed E-state index contributed by atoms with van der Waals surface area (Å²) in [7, 11) is 0. The second-order valence-corrected chi connectivity index (χ2v) is 5.51. The van der Waals surface area contributed by atoms with E-state index >= 15 is 0 Å². The first-order valence-electron chi connectivity index (χ1n) is 6.07. The number of rotatable bonds is 7. The van der Waals surface area contributed by atoms with Gasteiger partial charge in [0.05, 0.1) is 11.9 Å². The molecule has 0 radical (unpaired) electrons. The van der Waals surface area contributed by atoms with Crippen LogP contribution >= 0.6 is 11.8 Å². The monoisotopic (exact) mass is 283 g/mol. The van der Waals surface area contributed by atoms with E-state index in [2.05, 4.69) is 39.4 Å². The average molecular weight is 283 g/mol. The molecule has 0 unspecified atom stereocenters. The van der Waals surface area contributed by atoms with Gasteiger partial charge >= 0.3 is 0 Å². The Hall–Kier alpha value is -1.41. The molecular weight excluding hydrogens is 266 g/mol. The first-order valence-corrected chi connectivity index (χ1v) is 7.06. The van der Waals surface area contributed by atoms with Gasteiger partial charge in [0.15, 0.2) is 5.82 Å². The van der Waals surface area contributed by atoms with Gasteiger partial charge in [0, 0.05) is 6.61 Å². The summed E-state index contributed by atoms with van der Waals surface area (Å²) in [4.78, 5) is 4.31. The van der Waals surface area contributed by atoms with Crippen LogP contribution in [0.1, 0.15) is 38.6 Å². The molecule has 0 amide bonds. The van der Waals surface area contributed by atoms with Gasteiger partial charge in [-0.25, -0.2) is 0 Å². The summed E-state index contributed by atoms with van der Waals surface area (Å²) < 4.78 is 10.8. The van der Waals surface area contributed by atoms with E-state index in [1.807, 2.05) is 6.92 Å². The molecule has 0 aliphatic heterocycles. The molecule has 8 heteroatoms. The smallest absolute Gasteiger partial charge is 0.237 e. The van der Waals surface area contributed by atoms with Crippen molar-refractivity contribution in [3.63, 3.8) is 0 Å². The average Bonchev–Trinajstić information content (AvgIpc) is 3.04. The lowest BCUT2D eigenvalue weighted by molar-refractivity contribution is 0.0402.